The molecule has 2 aromatic carbocycles. The number of hydrazone groups is 1. The molecule has 0 saturated carbocycles. The summed E-state index contributed by atoms with van der Waals surface area (Å²) in [5, 5.41) is 6.40. The highest BCUT2D eigenvalue weighted by atomic mass is 79.9. The zero-order valence-corrected chi connectivity index (χ0v) is 14.1. The lowest BCUT2D eigenvalue weighted by molar-refractivity contribution is -0.139. The molecule has 2 N–H and O–H groups in total. The summed E-state index contributed by atoms with van der Waals surface area (Å²) >= 11 is 3.34. The van der Waals surface area contributed by atoms with Crippen molar-refractivity contribution >= 4 is 34.0 Å². The molecule has 0 aliphatic carbocycles. The van der Waals surface area contributed by atoms with Crippen LogP contribution in [0.3, 0.4) is 0 Å². The number of nitrogens with zero attached hydrogens (tertiary/aromatic N) is 1. The van der Waals surface area contributed by atoms with Crippen molar-refractivity contribution in [3.63, 3.8) is 0 Å². The van der Waals surface area contributed by atoms with Crippen molar-refractivity contribution in [2.45, 2.75) is 13.0 Å². The first kappa shape index (κ1) is 16.9. The molecule has 6 heteroatoms. The van der Waals surface area contributed by atoms with Crippen molar-refractivity contribution in [3.8, 4) is 0 Å². The van der Waals surface area contributed by atoms with Crippen LogP contribution in [0, 0.1) is 0 Å². The minimum atomic E-state index is -0.806. The van der Waals surface area contributed by atoms with E-state index in [1.807, 2.05) is 61.5 Å². The maximum Gasteiger partial charge on any atom is 0.329 e. The number of halogens is 1. The lowest BCUT2D eigenvalue weighted by Gasteiger charge is -2.13. The number of hydrogen-bond acceptors (Lipinski definition) is 3. The Morgan fingerprint density at radius 1 is 1.09 bits per heavy atom. The Morgan fingerprint density at radius 2 is 1.83 bits per heavy atom. The molecule has 118 valence electrons. The third kappa shape index (κ3) is 5.34. The second-order valence-electron chi connectivity index (χ2n) is 4.86. The van der Waals surface area contributed by atoms with Crippen LogP contribution in [0.5, 0.6) is 0 Å². The lowest BCUT2D eigenvalue weighted by atomic mass is 10.1. The maximum absolute atomic E-state index is 11.8. The first-order chi connectivity index (χ1) is 11.1. The molecule has 2 aromatic rings. The minimum absolute atomic E-state index is 0.261. The summed E-state index contributed by atoms with van der Waals surface area (Å²) in [7, 11) is 0. The first-order valence-electron chi connectivity index (χ1n) is 7.00. The van der Waals surface area contributed by atoms with E-state index in [9.17, 15) is 9.59 Å². The summed E-state index contributed by atoms with van der Waals surface area (Å²) in [5.41, 5.74) is 3.94. The molecule has 0 unspecified atom stereocenters. The zero-order chi connectivity index (χ0) is 16.7. The highest BCUT2D eigenvalue weighted by Gasteiger charge is 2.16. The van der Waals surface area contributed by atoms with E-state index < -0.39 is 11.8 Å². The Balaban J connectivity index is 1.87. The standard InChI is InChI=1S/C17H16BrN3O2/c1-12(14-7-3-2-4-8-14)20-16(22)17(23)21-19-11-13-6-5-9-15(18)10-13/h2-12H,1H3,(H,20,22)(H,21,23)/b19-11-/t12-/m1/s1. The van der Waals surface area contributed by atoms with Gasteiger partial charge in [-0.25, -0.2) is 5.43 Å². The number of benzene rings is 2. The summed E-state index contributed by atoms with van der Waals surface area (Å²) in [5.74, 6) is -1.54. The zero-order valence-electron chi connectivity index (χ0n) is 12.5. The summed E-state index contributed by atoms with van der Waals surface area (Å²) < 4.78 is 0.905. The second-order valence-corrected chi connectivity index (χ2v) is 5.78. The van der Waals surface area contributed by atoms with Crippen molar-refractivity contribution < 1.29 is 9.59 Å². The lowest BCUT2D eigenvalue weighted by Crippen LogP contribution is -2.39. The van der Waals surface area contributed by atoms with E-state index in [1.165, 1.54) is 6.21 Å². The largest absolute Gasteiger partial charge is 0.341 e. The molecule has 23 heavy (non-hydrogen) atoms. The molecular formula is C17H16BrN3O2. The van der Waals surface area contributed by atoms with Gasteiger partial charge in [0.05, 0.1) is 12.3 Å². The van der Waals surface area contributed by atoms with Crippen LogP contribution in [0.4, 0.5) is 0 Å². The molecule has 2 amide bonds. The summed E-state index contributed by atoms with van der Waals surface area (Å²) in [6.45, 7) is 1.81. The monoisotopic (exact) mass is 373 g/mol. The van der Waals surface area contributed by atoms with Gasteiger partial charge in [0.25, 0.3) is 0 Å². The van der Waals surface area contributed by atoms with Crippen molar-refractivity contribution in [2.24, 2.45) is 5.10 Å². The third-order valence-corrected chi connectivity index (χ3v) is 3.58. The molecule has 1 atom stereocenters. The van der Waals surface area contributed by atoms with Gasteiger partial charge in [-0.15, -0.1) is 0 Å². The van der Waals surface area contributed by atoms with Crippen LogP contribution in [-0.4, -0.2) is 18.0 Å². The van der Waals surface area contributed by atoms with Crippen LogP contribution in [0.25, 0.3) is 0 Å². The predicted molar refractivity (Wildman–Crippen MR) is 92.9 cm³/mol. The number of nitrogens with one attached hydrogen (secondary N) is 2. The quantitative estimate of drug-likeness (QED) is 0.491. The molecule has 0 aliphatic heterocycles. The molecule has 0 fully saturated rings. The molecule has 0 bridgehead atoms. The average molecular weight is 374 g/mol. The fraction of sp³-hybridized carbons (Fsp3) is 0.118. The molecule has 0 saturated heterocycles. The van der Waals surface area contributed by atoms with E-state index in [2.05, 4.69) is 31.8 Å². The predicted octanol–water partition coefficient (Wildman–Crippen LogP) is 2.78. The van der Waals surface area contributed by atoms with Crippen LogP contribution < -0.4 is 10.7 Å². The number of amides is 2. The first-order valence-corrected chi connectivity index (χ1v) is 7.80. The number of hydrogen-bond donors (Lipinski definition) is 2. The minimum Gasteiger partial charge on any atom is -0.341 e. The van der Waals surface area contributed by atoms with Gasteiger partial charge in [-0.1, -0.05) is 58.4 Å². The molecule has 0 aliphatic rings. The maximum atomic E-state index is 11.8. The fourth-order valence-electron chi connectivity index (χ4n) is 1.89. The Labute approximate surface area is 142 Å². The van der Waals surface area contributed by atoms with Crippen molar-refractivity contribution in [1.29, 1.82) is 0 Å². The Kier molecular flexibility index (Phi) is 6.05. The van der Waals surface area contributed by atoms with Gasteiger partial charge in [-0.05, 0) is 30.2 Å². The van der Waals surface area contributed by atoms with Gasteiger partial charge in [-0.3, -0.25) is 9.59 Å². The molecule has 2 rings (SSSR count). The van der Waals surface area contributed by atoms with Crippen molar-refractivity contribution in [3.05, 3.63) is 70.2 Å². The Bertz CT molecular complexity index is 717. The molecule has 0 radical (unpaired) electrons. The molecule has 5 nitrogen and oxygen atoms in total. The fourth-order valence-corrected chi connectivity index (χ4v) is 2.31. The van der Waals surface area contributed by atoms with E-state index >= 15 is 0 Å². The smallest absolute Gasteiger partial charge is 0.329 e. The molecular weight excluding hydrogens is 358 g/mol. The topological polar surface area (TPSA) is 70.6 Å². The summed E-state index contributed by atoms with van der Waals surface area (Å²) in [6, 6.07) is 16.6. The molecule has 0 aromatic heterocycles. The second kappa shape index (κ2) is 8.24. The van der Waals surface area contributed by atoms with Gasteiger partial charge >= 0.3 is 11.8 Å². The van der Waals surface area contributed by atoms with Crippen molar-refractivity contribution in [2.75, 3.05) is 0 Å². The van der Waals surface area contributed by atoms with E-state index in [1.54, 1.807) is 0 Å². The van der Waals surface area contributed by atoms with Gasteiger partial charge in [0, 0.05) is 4.47 Å². The van der Waals surface area contributed by atoms with Gasteiger partial charge in [0.1, 0.15) is 0 Å². The molecule has 0 heterocycles. The van der Waals surface area contributed by atoms with Crippen LogP contribution in [0.2, 0.25) is 0 Å². The van der Waals surface area contributed by atoms with E-state index in [0.717, 1.165) is 15.6 Å². The van der Waals surface area contributed by atoms with Gasteiger partial charge in [0.2, 0.25) is 0 Å². The SMILES string of the molecule is C[C@@H](NC(=O)C(=O)N/N=C\c1cccc(Br)c1)c1ccccc1. The number of rotatable bonds is 4. The van der Waals surface area contributed by atoms with Gasteiger partial charge in [0.15, 0.2) is 0 Å². The van der Waals surface area contributed by atoms with Crippen LogP contribution in [-0.2, 0) is 9.59 Å². The molecule has 0 spiro atoms. The van der Waals surface area contributed by atoms with E-state index in [-0.39, 0.29) is 6.04 Å². The average Bonchev–Trinajstić information content (AvgIpc) is 2.55. The third-order valence-electron chi connectivity index (χ3n) is 3.08. The summed E-state index contributed by atoms with van der Waals surface area (Å²) in [4.78, 5) is 23.5. The van der Waals surface area contributed by atoms with Crippen LogP contribution in [0.15, 0.2) is 64.2 Å². The van der Waals surface area contributed by atoms with E-state index in [0.29, 0.717) is 0 Å². The van der Waals surface area contributed by atoms with Gasteiger partial charge in [-0.2, -0.15) is 5.10 Å². The van der Waals surface area contributed by atoms with Gasteiger partial charge < -0.3 is 5.32 Å². The number of carbonyl (C=O) groups excluding carboxylic acids is 2. The summed E-state index contributed by atoms with van der Waals surface area (Å²) in [6.07, 6.45) is 1.47. The van der Waals surface area contributed by atoms with E-state index in [4.69, 9.17) is 0 Å². The highest BCUT2D eigenvalue weighted by molar-refractivity contribution is 9.10. The number of carbonyl (C=O) groups is 2. The Morgan fingerprint density at radius 3 is 2.52 bits per heavy atom. The van der Waals surface area contributed by atoms with Crippen LogP contribution >= 0.6 is 15.9 Å². The normalized spacial score (nSPS) is 11.9. The Hall–Kier alpha value is -2.47. The van der Waals surface area contributed by atoms with Crippen LogP contribution in [0.1, 0.15) is 24.1 Å². The van der Waals surface area contributed by atoms with Crippen molar-refractivity contribution in [1.82, 2.24) is 10.7 Å². The highest BCUT2D eigenvalue weighted by Crippen LogP contribution is 2.11.